The quantitative estimate of drug-likeness (QED) is 0.581. The van der Waals surface area contributed by atoms with E-state index in [1.807, 2.05) is 24.3 Å². The highest BCUT2D eigenvalue weighted by molar-refractivity contribution is 6.31. The van der Waals surface area contributed by atoms with Crippen molar-refractivity contribution in [3.63, 3.8) is 0 Å². The minimum atomic E-state index is -0.562. The van der Waals surface area contributed by atoms with E-state index in [1.54, 1.807) is 19.2 Å². The lowest BCUT2D eigenvalue weighted by Crippen LogP contribution is -2.31. The van der Waals surface area contributed by atoms with Gasteiger partial charge in [-0.25, -0.2) is 4.98 Å². The number of benzene rings is 2. The van der Waals surface area contributed by atoms with E-state index < -0.39 is 11.3 Å². The lowest BCUT2D eigenvalue weighted by molar-refractivity contribution is 0.0942. The Labute approximate surface area is 152 Å². The molecule has 4 rings (SSSR count). The number of para-hydroxylation sites is 2. The molecule has 0 radical (unpaired) electrons. The van der Waals surface area contributed by atoms with Gasteiger partial charge in [-0.3, -0.25) is 14.3 Å². The van der Waals surface area contributed by atoms with E-state index in [0.717, 1.165) is 11.0 Å². The van der Waals surface area contributed by atoms with Crippen LogP contribution in [0.1, 0.15) is 16.3 Å². The normalized spacial score (nSPS) is 11.2. The summed E-state index contributed by atoms with van der Waals surface area (Å²) in [6.07, 6.45) is 0. The summed E-state index contributed by atoms with van der Waals surface area (Å²) in [6.45, 7) is 0.159. The topological polar surface area (TPSA) is 92.7 Å². The fraction of sp³-hybridized carbons (Fsp3) is 0.111. The van der Waals surface area contributed by atoms with Gasteiger partial charge in [-0.1, -0.05) is 23.7 Å². The number of aryl methyl sites for hydroxylation is 1. The van der Waals surface area contributed by atoms with Crippen molar-refractivity contribution in [3.8, 4) is 0 Å². The molecule has 26 heavy (non-hydrogen) atoms. The Morgan fingerprint density at radius 2 is 2.08 bits per heavy atom. The molecule has 0 unspecified atom stereocenters. The third-order valence-electron chi connectivity index (χ3n) is 4.09. The number of hydrogen-bond acceptors (Lipinski definition) is 4. The van der Waals surface area contributed by atoms with Gasteiger partial charge in [0.25, 0.3) is 5.91 Å². The number of carbonyl (C=O) groups excluding carboxylic acids is 1. The number of H-pyrrole nitrogens is 1. The number of imidazole rings is 1. The van der Waals surface area contributed by atoms with E-state index in [1.165, 1.54) is 10.7 Å². The molecule has 0 aliphatic rings. The van der Waals surface area contributed by atoms with E-state index in [-0.39, 0.29) is 12.2 Å². The molecule has 0 fully saturated rings. The first kappa shape index (κ1) is 16.3. The van der Waals surface area contributed by atoms with Crippen LogP contribution in [-0.2, 0) is 13.6 Å². The lowest BCUT2D eigenvalue weighted by Gasteiger charge is -2.08. The zero-order valence-electron chi connectivity index (χ0n) is 13.8. The molecule has 130 valence electrons. The van der Waals surface area contributed by atoms with Crippen molar-refractivity contribution in [2.75, 3.05) is 0 Å². The van der Waals surface area contributed by atoms with Crippen molar-refractivity contribution < 1.29 is 4.79 Å². The van der Waals surface area contributed by atoms with Gasteiger partial charge in [-0.2, -0.15) is 5.10 Å². The number of nitrogens with zero attached hydrogens (tertiary/aromatic N) is 3. The highest BCUT2D eigenvalue weighted by Gasteiger charge is 2.17. The Morgan fingerprint density at radius 3 is 2.88 bits per heavy atom. The van der Waals surface area contributed by atoms with Crippen LogP contribution >= 0.6 is 11.6 Å². The number of aromatic nitrogens is 4. The Hall–Kier alpha value is -3.19. The third-order valence-corrected chi connectivity index (χ3v) is 4.32. The van der Waals surface area contributed by atoms with Crippen LogP contribution in [0.3, 0.4) is 0 Å². The number of nitrogens with one attached hydrogen (secondary N) is 2. The first-order valence-corrected chi connectivity index (χ1v) is 8.29. The maximum atomic E-state index is 12.6. The Morgan fingerprint density at radius 1 is 1.27 bits per heavy atom. The number of amides is 1. The summed E-state index contributed by atoms with van der Waals surface area (Å²) in [6, 6.07) is 12.5. The maximum Gasteiger partial charge on any atom is 0.276 e. The summed E-state index contributed by atoms with van der Waals surface area (Å²) in [4.78, 5) is 32.6. The van der Waals surface area contributed by atoms with E-state index in [9.17, 15) is 9.59 Å². The molecule has 4 aromatic rings. The van der Waals surface area contributed by atoms with Crippen LogP contribution in [0.2, 0.25) is 5.02 Å². The Bertz CT molecular complexity index is 1180. The molecular weight excluding hydrogens is 354 g/mol. The molecule has 2 aromatic carbocycles. The van der Waals surface area contributed by atoms with Crippen molar-refractivity contribution >= 4 is 39.4 Å². The number of carbonyl (C=O) groups is 1. The summed E-state index contributed by atoms with van der Waals surface area (Å²) < 4.78 is 1.49. The number of fused-ring (bicyclic) bond motifs is 2. The molecule has 2 heterocycles. The highest BCUT2D eigenvalue weighted by atomic mass is 35.5. The molecule has 0 saturated carbocycles. The fourth-order valence-corrected chi connectivity index (χ4v) is 3.01. The molecular formula is C18H14ClN5O2. The zero-order valence-corrected chi connectivity index (χ0v) is 14.5. The van der Waals surface area contributed by atoms with Gasteiger partial charge in [0.15, 0.2) is 5.69 Å². The second-order valence-electron chi connectivity index (χ2n) is 5.85. The van der Waals surface area contributed by atoms with Crippen LogP contribution < -0.4 is 10.7 Å². The smallest absolute Gasteiger partial charge is 0.276 e. The predicted octanol–water partition coefficient (Wildman–Crippen LogP) is 2.39. The summed E-state index contributed by atoms with van der Waals surface area (Å²) in [5, 5.41) is 7.56. The monoisotopic (exact) mass is 367 g/mol. The summed E-state index contributed by atoms with van der Waals surface area (Å²) >= 11 is 5.97. The minimum Gasteiger partial charge on any atom is -0.343 e. The van der Waals surface area contributed by atoms with Crippen LogP contribution in [0, 0.1) is 0 Å². The van der Waals surface area contributed by atoms with Crippen molar-refractivity contribution in [2.45, 2.75) is 6.54 Å². The fourth-order valence-electron chi connectivity index (χ4n) is 2.83. The summed E-state index contributed by atoms with van der Waals surface area (Å²) in [7, 11) is 1.67. The maximum absolute atomic E-state index is 12.6. The molecule has 0 atom stereocenters. The summed E-state index contributed by atoms with van der Waals surface area (Å²) in [5.41, 5.74) is 1.66. The SMILES string of the molecule is Cn1nc(C(=O)NCc2nc3ccccc3[nH]2)c(=O)c2cc(Cl)ccc21. The highest BCUT2D eigenvalue weighted by Crippen LogP contribution is 2.16. The molecule has 2 aromatic heterocycles. The number of rotatable bonds is 3. The molecule has 0 bridgehead atoms. The second-order valence-corrected chi connectivity index (χ2v) is 6.28. The van der Waals surface area contributed by atoms with Crippen LogP contribution in [0.25, 0.3) is 21.9 Å². The van der Waals surface area contributed by atoms with E-state index in [0.29, 0.717) is 21.7 Å². The molecule has 1 amide bonds. The lowest BCUT2D eigenvalue weighted by atomic mass is 10.2. The second kappa shape index (κ2) is 6.27. The molecule has 8 heteroatoms. The van der Waals surface area contributed by atoms with Crippen LogP contribution in [-0.4, -0.2) is 25.7 Å². The zero-order chi connectivity index (χ0) is 18.3. The molecule has 0 saturated heterocycles. The average molecular weight is 368 g/mol. The Kier molecular flexibility index (Phi) is 3.93. The minimum absolute atomic E-state index is 0.159. The van der Waals surface area contributed by atoms with Gasteiger partial charge in [0, 0.05) is 12.1 Å². The average Bonchev–Trinajstić information content (AvgIpc) is 3.05. The molecule has 2 N–H and O–H groups in total. The van der Waals surface area contributed by atoms with Gasteiger partial charge < -0.3 is 10.3 Å². The van der Waals surface area contributed by atoms with Gasteiger partial charge in [0.05, 0.1) is 28.5 Å². The van der Waals surface area contributed by atoms with Crippen molar-refractivity contribution in [2.24, 2.45) is 7.05 Å². The Balaban J connectivity index is 1.63. The standard InChI is InChI=1S/C18H14ClN5O2/c1-24-14-7-6-10(19)8-11(14)17(25)16(23-24)18(26)20-9-15-21-12-4-2-3-5-13(12)22-15/h2-8H,9H2,1H3,(H,20,26)(H,21,22). The van der Waals surface area contributed by atoms with Crippen LogP contribution in [0.5, 0.6) is 0 Å². The van der Waals surface area contributed by atoms with Crippen LogP contribution in [0.15, 0.2) is 47.3 Å². The first-order chi connectivity index (χ1) is 12.5. The largest absolute Gasteiger partial charge is 0.343 e. The van der Waals surface area contributed by atoms with E-state index in [2.05, 4.69) is 20.4 Å². The van der Waals surface area contributed by atoms with Crippen molar-refractivity contribution in [3.05, 3.63) is 69.2 Å². The van der Waals surface area contributed by atoms with Gasteiger partial charge in [0.1, 0.15) is 5.82 Å². The predicted molar refractivity (Wildman–Crippen MR) is 99.3 cm³/mol. The van der Waals surface area contributed by atoms with Gasteiger partial charge >= 0.3 is 0 Å². The molecule has 0 aliphatic heterocycles. The van der Waals surface area contributed by atoms with E-state index in [4.69, 9.17) is 11.6 Å². The van der Waals surface area contributed by atoms with Gasteiger partial charge in [0.2, 0.25) is 5.43 Å². The van der Waals surface area contributed by atoms with Gasteiger partial charge in [-0.15, -0.1) is 0 Å². The van der Waals surface area contributed by atoms with Crippen molar-refractivity contribution in [1.82, 2.24) is 25.1 Å². The number of halogens is 1. The van der Waals surface area contributed by atoms with Crippen LogP contribution in [0.4, 0.5) is 0 Å². The first-order valence-electron chi connectivity index (χ1n) is 7.91. The molecule has 0 aliphatic carbocycles. The molecule has 7 nitrogen and oxygen atoms in total. The molecule has 0 spiro atoms. The number of aromatic amines is 1. The summed E-state index contributed by atoms with van der Waals surface area (Å²) in [5.74, 6) is 0.0353. The van der Waals surface area contributed by atoms with Gasteiger partial charge in [-0.05, 0) is 30.3 Å². The van der Waals surface area contributed by atoms with E-state index >= 15 is 0 Å². The number of hydrogen-bond donors (Lipinski definition) is 2. The third kappa shape index (κ3) is 2.82. The van der Waals surface area contributed by atoms with Crippen molar-refractivity contribution in [1.29, 1.82) is 0 Å².